The summed E-state index contributed by atoms with van der Waals surface area (Å²) in [6, 6.07) is 12.3. The highest BCUT2D eigenvalue weighted by Gasteiger charge is 2.11. The van der Waals surface area contributed by atoms with Crippen molar-refractivity contribution in [3.05, 3.63) is 70.6 Å². The first-order chi connectivity index (χ1) is 13.0. The fourth-order valence-corrected chi connectivity index (χ4v) is 2.50. The van der Waals surface area contributed by atoms with E-state index in [9.17, 15) is 9.18 Å². The molecular weight excluding hydrogens is 371 g/mol. The van der Waals surface area contributed by atoms with Crippen molar-refractivity contribution in [2.45, 2.75) is 6.92 Å². The van der Waals surface area contributed by atoms with Crippen molar-refractivity contribution in [3.8, 4) is 5.75 Å². The van der Waals surface area contributed by atoms with Crippen molar-refractivity contribution in [2.24, 2.45) is 0 Å². The van der Waals surface area contributed by atoms with Crippen LogP contribution in [-0.4, -0.2) is 23.2 Å². The molecule has 0 atom stereocenters. The molecule has 0 spiro atoms. The van der Waals surface area contributed by atoms with E-state index in [1.807, 2.05) is 13.0 Å². The number of carbonyl (C=O) groups is 1. The molecular formula is C19H16ClFN4O2. The molecule has 6 nitrogen and oxygen atoms in total. The van der Waals surface area contributed by atoms with Crippen molar-refractivity contribution in [3.63, 3.8) is 0 Å². The average molecular weight is 387 g/mol. The van der Waals surface area contributed by atoms with Crippen molar-refractivity contribution >= 4 is 34.7 Å². The van der Waals surface area contributed by atoms with E-state index in [0.717, 1.165) is 5.56 Å². The van der Waals surface area contributed by atoms with Crippen LogP contribution in [0.3, 0.4) is 0 Å². The van der Waals surface area contributed by atoms with Gasteiger partial charge in [-0.3, -0.25) is 4.79 Å². The molecule has 0 saturated carbocycles. The molecule has 8 heteroatoms. The molecule has 0 aliphatic rings. The Morgan fingerprint density at radius 3 is 2.63 bits per heavy atom. The van der Waals surface area contributed by atoms with E-state index >= 15 is 0 Å². The minimum Gasteiger partial charge on any atom is -0.495 e. The molecule has 0 saturated heterocycles. The second-order valence-electron chi connectivity index (χ2n) is 5.69. The van der Waals surface area contributed by atoms with Gasteiger partial charge in [-0.25, -0.2) is 4.39 Å². The Hall–Kier alpha value is -3.19. The number of benzene rings is 2. The summed E-state index contributed by atoms with van der Waals surface area (Å²) in [6.07, 6.45) is 0. The molecule has 1 heterocycles. The number of nitrogens with one attached hydrogen (secondary N) is 2. The van der Waals surface area contributed by atoms with Gasteiger partial charge in [-0.15, -0.1) is 10.2 Å². The minimum absolute atomic E-state index is 0.101. The molecule has 0 radical (unpaired) electrons. The Labute approximate surface area is 160 Å². The van der Waals surface area contributed by atoms with Gasteiger partial charge < -0.3 is 15.4 Å². The molecule has 2 aromatic carbocycles. The number of methoxy groups -OCH3 is 1. The molecule has 3 rings (SSSR count). The lowest BCUT2D eigenvalue weighted by atomic mass is 10.2. The molecule has 1 amide bonds. The van der Waals surface area contributed by atoms with Crippen LogP contribution in [0.2, 0.25) is 5.02 Å². The zero-order valence-corrected chi connectivity index (χ0v) is 15.3. The highest BCUT2D eigenvalue weighted by molar-refractivity contribution is 6.31. The van der Waals surface area contributed by atoms with Gasteiger partial charge in [-0.1, -0.05) is 17.7 Å². The number of hydrogen-bond acceptors (Lipinski definition) is 5. The normalized spacial score (nSPS) is 10.4. The molecule has 2 N–H and O–H groups in total. The van der Waals surface area contributed by atoms with Crippen LogP contribution in [0.4, 0.5) is 21.6 Å². The summed E-state index contributed by atoms with van der Waals surface area (Å²) in [6.45, 7) is 1.87. The van der Waals surface area contributed by atoms with E-state index in [4.69, 9.17) is 16.3 Å². The standard InChI is InChI=1S/C19H16ClFN4O2/c1-11-8-16(17(27-2)10-14(11)20)23-18-7-6-15(24-25-18)19(26)22-13-5-3-4-12(21)9-13/h3-10H,1-2H3,(H,22,26)(H,23,25). The van der Waals surface area contributed by atoms with E-state index in [0.29, 0.717) is 28.0 Å². The molecule has 27 heavy (non-hydrogen) atoms. The van der Waals surface area contributed by atoms with Crippen LogP contribution in [0.15, 0.2) is 48.5 Å². The zero-order chi connectivity index (χ0) is 19.4. The first-order valence-electron chi connectivity index (χ1n) is 7.98. The maximum Gasteiger partial charge on any atom is 0.276 e. The van der Waals surface area contributed by atoms with Crippen molar-refractivity contribution in [2.75, 3.05) is 17.7 Å². The molecule has 0 unspecified atom stereocenters. The number of nitrogens with zero attached hydrogens (tertiary/aromatic N) is 2. The second kappa shape index (κ2) is 8.01. The van der Waals surface area contributed by atoms with Gasteiger partial charge in [-0.2, -0.15) is 0 Å². The van der Waals surface area contributed by atoms with Crippen molar-refractivity contribution in [1.29, 1.82) is 0 Å². The summed E-state index contributed by atoms with van der Waals surface area (Å²) in [4.78, 5) is 12.2. The SMILES string of the molecule is COc1cc(Cl)c(C)cc1Nc1ccc(C(=O)Nc2cccc(F)c2)nn1. The topological polar surface area (TPSA) is 76.1 Å². The van der Waals surface area contributed by atoms with Crippen LogP contribution in [-0.2, 0) is 0 Å². The lowest BCUT2D eigenvalue weighted by molar-refractivity contribution is 0.102. The van der Waals surface area contributed by atoms with E-state index in [2.05, 4.69) is 20.8 Å². The summed E-state index contributed by atoms with van der Waals surface area (Å²) in [7, 11) is 1.54. The maximum absolute atomic E-state index is 13.2. The van der Waals surface area contributed by atoms with Gasteiger partial charge in [-0.05, 0) is 48.9 Å². The molecule has 0 aliphatic carbocycles. The third kappa shape index (κ3) is 4.51. The van der Waals surface area contributed by atoms with Gasteiger partial charge in [0, 0.05) is 16.8 Å². The van der Waals surface area contributed by atoms with Gasteiger partial charge >= 0.3 is 0 Å². The summed E-state index contributed by atoms with van der Waals surface area (Å²) in [5, 5.41) is 14.1. The number of anilines is 3. The number of ether oxygens (including phenoxy) is 1. The summed E-state index contributed by atoms with van der Waals surface area (Å²) >= 11 is 6.10. The summed E-state index contributed by atoms with van der Waals surface area (Å²) in [5.74, 6) is 0.0582. The van der Waals surface area contributed by atoms with Crippen LogP contribution < -0.4 is 15.4 Å². The number of halogens is 2. The summed E-state index contributed by atoms with van der Waals surface area (Å²) in [5.41, 5.74) is 1.99. The monoisotopic (exact) mass is 386 g/mol. The van der Waals surface area contributed by atoms with Gasteiger partial charge in [0.15, 0.2) is 11.5 Å². The molecule has 0 aliphatic heterocycles. The summed E-state index contributed by atoms with van der Waals surface area (Å²) < 4.78 is 18.5. The molecule has 0 fully saturated rings. The molecule has 1 aromatic heterocycles. The van der Waals surface area contributed by atoms with Gasteiger partial charge in [0.25, 0.3) is 5.91 Å². The van der Waals surface area contributed by atoms with Crippen LogP contribution in [0.25, 0.3) is 0 Å². The van der Waals surface area contributed by atoms with Gasteiger partial charge in [0.1, 0.15) is 11.6 Å². The highest BCUT2D eigenvalue weighted by atomic mass is 35.5. The molecule has 3 aromatic rings. The third-order valence-corrected chi connectivity index (χ3v) is 4.13. The number of aromatic nitrogens is 2. The Balaban J connectivity index is 1.74. The minimum atomic E-state index is -0.487. The average Bonchev–Trinajstić information content (AvgIpc) is 2.65. The second-order valence-corrected chi connectivity index (χ2v) is 6.10. The fourth-order valence-electron chi connectivity index (χ4n) is 2.35. The lowest BCUT2D eigenvalue weighted by Crippen LogP contribution is -2.14. The van der Waals surface area contributed by atoms with Gasteiger partial charge in [0.05, 0.1) is 12.8 Å². The number of aryl methyl sites for hydroxylation is 1. The van der Waals surface area contributed by atoms with Crippen LogP contribution in [0.5, 0.6) is 5.75 Å². The van der Waals surface area contributed by atoms with Crippen LogP contribution in [0.1, 0.15) is 16.1 Å². The van der Waals surface area contributed by atoms with E-state index in [-0.39, 0.29) is 5.69 Å². The van der Waals surface area contributed by atoms with Crippen LogP contribution >= 0.6 is 11.6 Å². The quantitative estimate of drug-likeness (QED) is 0.671. The van der Waals surface area contributed by atoms with Crippen molar-refractivity contribution < 1.29 is 13.9 Å². The van der Waals surface area contributed by atoms with E-state index in [1.165, 1.54) is 31.4 Å². The predicted octanol–water partition coefficient (Wildman–Crippen LogP) is 4.58. The van der Waals surface area contributed by atoms with Crippen LogP contribution in [0, 0.1) is 12.7 Å². The number of amides is 1. The molecule has 0 bridgehead atoms. The number of carbonyl (C=O) groups excluding carboxylic acids is 1. The van der Waals surface area contributed by atoms with E-state index < -0.39 is 11.7 Å². The van der Waals surface area contributed by atoms with Gasteiger partial charge in [0.2, 0.25) is 0 Å². The highest BCUT2D eigenvalue weighted by Crippen LogP contribution is 2.32. The fraction of sp³-hybridized carbons (Fsp3) is 0.105. The zero-order valence-electron chi connectivity index (χ0n) is 14.6. The number of hydrogen-bond donors (Lipinski definition) is 2. The maximum atomic E-state index is 13.2. The predicted molar refractivity (Wildman–Crippen MR) is 102 cm³/mol. The largest absolute Gasteiger partial charge is 0.495 e. The Bertz CT molecular complexity index is 980. The first-order valence-corrected chi connectivity index (χ1v) is 8.36. The Morgan fingerprint density at radius 1 is 1.15 bits per heavy atom. The smallest absolute Gasteiger partial charge is 0.276 e. The third-order valence-electron chi connectivity index (χ3n) is 3.72. The van der Waals surface area contributed by atoms with E-state index in [1.54, 1.807) is 18.2 Å². The van der Waals surface area contributed by atoms with Crippen molar-refractivity contribution in [1.82, 2.24) is 10.2 Å². The Morgan fingerprint density at radius 2 is 1.96 bits per heavy atom. The lowest BCUT2D eigenvalue weighted by Gasteiger charge is -2.12. The first kappa shape index (κ1) is 18.6. The molecule has 138 valence electrons. The Kier molecular flexibility index (Phi) is 5.52. The number of rotatable bonds is 5.